The van der Waals surface area contributed by atoms with Crippen molar-refractivity contribution in [3.8, 4) is 5.75 Å². The van der Waals surface area contributed by atoms with Gasteiger partial charge in [-0.05, 0) is 36.8 Å². The molecule has 0 spiro atoms. The molecular weight excluding hydrogens is 309 g/mol. The lowest BCUT2D eigenvalue weighted by molar-refractivity contribution is -0.123. The van der Waals surface area contributed by atoms with Crippen molar-refractivity contribution in [1.82, 2.24) is 5.32 Å². The second kappa shape index (κ2) is 7.34. The molecule has 0 heterocycles. The van der Waals surface area contributed by atoms with E-state index < -0.39 is 0 Å². The smallest absolute Gasteiger partial charge is 0.258 e. The van der Waals surface area contributed by atoms with Crippen molar-refractivity contribution in [2.75, 3.05) is 6.61 Å². The van der Waals surface area contributed by atoms with Crippen LogP contribution >= 0.6 is 23.2 Å². The average molecular weight is 324 g/mol. The summed E-state index contributed by atoms with van der Waals surface area (Å²) >= 11 is 12.0. The zero-order chi connectivity index (χ0) is 15.2. The molecule has 21 heavy (non-hydrogen) atoms. The van der Waals surface area contributed by atoms with Gasteiger partial charge in [-0.1, -0.05) is 47.5 Å². The van der Waals surface area contributed by atoms with E-state index in [0.717, 1.165) is 5.56 Å². The van der Waals surface area contributed by atoms with E-state index in [4.69, 9.17) is 27.9 Å². The molecule has 5 heteroatoms. The molecule has 3 nitrogen and oxygen atoms in total. The second-order valence-corrected chi connectivity index (χ2v) is 5.40. The lowest BCUT2D eigenvalue weighted by atomic mass is 10.1. The van der Waals surface area contributed by atoms with Gasteiger partial charge in [0.1, 0.15) is 5.75 Å². The standard InChI is InChI=1S/C16H15Cl2NO2/c1-11(14-8-7-12(17)9-15(14)18)19-16(20)10-21-13-5-3-2-4-6-13/h2-9,11H,10H2,1H3,(H,19,20). The first-order chi connectivity index (χ1) is 10.1. The summed E-state index contributed by atoms with van der Waals surface area (Å²) in [4.78, 5) is 11.9. The van der Waals surface area contributed by atoms with Gasteiger partial charge in [0.2, 0.25) is 0 Å². The number of amides is 1. The average Bonchev–Trinajstić information content (AvgIpc) is 2.46. The fraction of sp³-hybridized carbons (Fsp3) is 0.188. The maximum absolute atomic E-state index is 11.9. The number of benzene rings is 2. The Bertz CT molecular complexity index is 617. The highest BCUT2D eigenvalue weighted by molar-refractivity contribution is 6.35. The van der Waals surface area contributed by atoms with Crippen molar-refractivity contribution in [2.45, 2.75) is 13.0 Å². The highest BCUT2D eigenvalue weighted by Gasteiger charge is 2.13. The van der Waals surface area contributed by atoms with Crippen LogP contribution in [0.15, 0.2) is 48.5 Å². The van der Waals surface area contributed by atoms with Gasteiger partial charge in [0.15, 0.2) is 6.61 Å². The molecule has 2 aromatic rings. The van der Waals surface area contributed by atoms with Crippen LogP contribution in [-0.2, 0) is 4.79 Å². The molecular formula is C16H15Cl2NO2. The summed E-state index contributed by atoms with van der Waals surface area (Å²) in [6.07, 6.45) is 0. The van der Waals surface area contributed by atoms with Crippen molar-refractivity contribution >= 4 is 29.1 Å². The van der Waals surface area contributed by atoms with Gasteiger partial charge in [0.25, 0.3) is 5.91 Å². The number of hydrogen-bond acceptors (Lipinski definition) is 2. The number of para-hydroxylation sites is 1. The zero-order valence-corrected chi connectivity index (χ0v) is 13.0. The minimum Gasteiger partial charge on any atom is -0.484 e. The number of rotatable bonds is 5. The van der Waals surface area contributed by atoms with E-state index in [1.807, 2.05) is 25.1 Å². The molecule has 0 bridgehead atoms. The number of ether oxygens (including phenoxy) is 1. The Hall–Kier alpha value is -1.71. The first-order valence-electron chi connectivity index (χ1n) is 6.48. The SMILES string of the molecule is CC(NC(=O)COc1ccccc1)c1ccc(Cl)cc1Cl. The summed E-state index contributed by atoms with van der Waals surface area (Å²) < 4.78 is 5.39. The first-order valence-corrected chi connectivity index (χ1v) is 7.24. The molecule has 0 saturated carbocycles. The maximum atomic E-state index is 11.9. The van der Waals surface area contributed by atoms with E-state index in [2.05, 4.69) is 5.32 Å². The summed E-state index contributed by atoms with van der Waals surface area (Å²) in [5, 5.41) is 3.93. The quantitative estimate of drug-likeness (QED) is 0.893. The molecule has 0 radical (unpaired) electrons. The molecule has 1 atom stereocenters. The van der Waals surface area contributed by atoms with Crippen LogP contribution in [0.3, 0.4) is 0 Å². The molecule has 0 fully saturated rings. The summed E-state index contributed by atoms with van der Waals surface area (Å²) in [5.41, 5.74) is 0.814. The molecule has 0 aliphatic carbocycles. The van der Waals surface area contributed by atoms with Crippen LogP contribution in [0.1, 0.15) is 18.5 Å². The highest BCUT2D eigenvalue weighted by Crippen LogP contribution is 2.26. The zero-order valence-electron chi connectivity index (χ0n) is 11.5. The Balaban J connectivity index is 1.90. The van der Waals surface area contributed by atoms with Crippen molar-refractivity contribution in [2.24, 2.45) is 0 Å². The third-order valence-corrected chi connectivity index (χ3v) is 3.48. The maximum Gasteiger partial charge on any atom is 0.258 e. The highest BCUT2D eigenvalue weighted by atomic mass is 35.5. The monoisotopic (exact) mass is 323 g/mol. The lowest BCUT2D eigenvalue weighted by Crippen LogP contribution is -2.31. The van der Waals surface area contributed by atoms with E-state index in [9.17, 15) is 4.79 Å². The normalized spacial score (nSPS) is 11.8. The Labute approximate surface area is 133 Å². The Morgan fingerprint density at radius 1 is 1.19 bits per heavy atom. The van der Waals surface area contributed by atoms with Gasteiger partial charge >= 0.3 is 0 Å². The molecule has 1 unspecified atom stereocenters. The molecule has 2 rings (SSSR count). The molecule has 0 aromatic heterocycles. The number of halogens is 2. The summed E-state index contributed by atoms with van der Waals surface area (Å²) in [6, 6.07) is 14.2. The predicted octanol–water partition coefficient (Wildman–Crippen LogP) is 4.25. The van der Waals surface area contributed by atoms with Crippen LogP contribution in [0, 0.1) is 0 Å². The molecule has 0 aliphatic heterocycles. The molecule has 1 N–H and O–H groups in total. The minimum atomic E-state index is -0.221. The van der Waals surface area contributed by atoms with Gasteiger partial charge in [-0.2, -0.15) is 0 Å². The number of carbonyl (C=O) groups is 1. The van der Waals surface area contributed by atoms with E-state index in [1.54, 1.807) is 30.3 Å². The fourth-order valence-electron chi connectivity index (χ4n) is 1.88. The third-order valence-electron chi connectivity index (χ3n) is 2.92. The molecule has 0 saturated heterocycles. The molecule has 2 aromatic carbocycles. The van der Waals surface area contributed by atoms with Crippen LogP contribution < -0.4 is 10.1 Å². The van der Waals surface area contributed by atoms with Gasteiger partial charge in [0.05, 0.1) is 6.04 Å². The van der Waals surface area contributed by atoms with Crippen LogP contribution in [0.25, 0.3) is 0 Å². The third kappa shape index (κ3) is 4.66. The number of hydrogen-bond donors (Lipinski definition) is 1. The summed E-state index contributed by atoms with van der Waals surface area (Å²) in [7, 11) is 0. The first kappa shape index (κ1) is 15.7. The fourth-order valence-corrected chi connectivity index (χ4v) is 2.45. The second-order valence-electron chi connectivity index (χ2n) is 4.56. The van der Waals surface area contributed by atoms with Crippen LogP contribution in [-0.4, -0.2) is 12.5 Å². The summed E-state index contributed by atoms with van der Waals surface area (Å²) in [5.74, 6) is 0.446. The lowest BCUT2D eigenvalue weighted by Gasteiger charge is -2.16. The molecule has 110 valence electrons. The Kier molecular flexibility index (Phi) is 5.48. The predicted molar refractivity (Wildman–Crippen MR) is 85.0 cm³/mol. The van der Waals surface area contributed by atoms with Gasteiger partial charge in [-0.25, -0.2) is 0 Å². The summed E-state index contributed by atoms with van der Waals surface area (Å²) in [6.45, 7) is 1.81. The topological polar surface area (TPSA) is 38.3 Å². The minimum absolute atomic E-state index is 0.0421. The van der Waals surface area contributed by atoms with Crippen molar-refractivity contribution in [3.63, 3.8) is 0 Å². The van der Waals surface area contributed by atoms with Gasteiger partial charge < -0.3 is 10.1 Å². The van der Waals surface area contributed by atoms with Crippen LogP contribution in [0.4, 0.5) is 0 Å². The van der Waals surface area contributed by atoms with Gasteiger partial charge in [0, 0.05) is 10.0 Å². The van der Waals surface area contributed by atoms with E-state index in [1.165, 1.54) is 0 Å². The van der Waals surface area contributed by atoms with Gasteiger partial charge in [-0.15, -0.1) is 0 Å². The van der Waals surface area contributed by atoms with E-state index in [-0.39, 0.29) is 18.6 Å². The number of nitrogens with one attached hydrogen (secondary N) is 1. The largest absolute Gasteiger partial charge is 0.484 e. The van der Waals surface area contributed by atoms with Crippen molar-refractivity contribution < 1.29 is 9.53 Å². The Morgan fingerprint density at radius 2 is 1.90 bits per heavy atom. The van der Waals surface area contributed by atoms with Crippen molar-refractivity contribution in [3.05, 3.63) is 64.1 Å². The molecule has 0 aliphatic rings. The van der Waals surface area contributed by atoms with Crippen LogP contribution in [0.5, 0.6) is 5.75 Å². The van der Waals surface area contributed by atoms with Crippen LogP contribution in [0.2, 0.25) is 10.0 Å². The molecule has 1 amide bonds. The van der Waals surface area contributed by atoms with Gasteiger partial charge in [-0.3, -0.25) is 4.79 Å². The van der Waals surface area contributed by atoms with E-state index in [0.29, 0.717) is 15.8 Å². The number of carbonyl (C=O) groups excluding carboxylic acids is 1. The van der Waals surface area contributed by atoms with Crippen molar-refractivity contribution in [1.29, 1.82) is 0 Å². The van der Waals surface area contributed by atoms with E-state index >= 15 is 0 Å². The Morgan fingerprint density at radius 3 is 2.57 bits per heavy atom.